The van der Waals surface area contributed by atoms with Crippen molar-refractivity contribution in [1.29, 1.82) is 0 Å². The summed E-state index contributed by atoms with van der Waals surface area (Å²) < 4.78 is 9.12. The lowest BCUT2D eigenvalue weighted by Crippen LogP contribution is -2.10. The summed E-state index contributed by atoms with van der Waals surface area (Å²) in [5.41, 5.74) is 6.96. The molecule has 0 spiro atoms. The number of aromatic nitrogens is 1. The maximum Gasteiger partial charge on any atom is 0.145 e. The Balaban J connectivity index is 1.57. The van der Waals surface area contributed by atoms with Crippen molar-refractivity contribution in [2.75, 3.05) is 0 Å². The Hall–Kier alpha value is -3.69. The third-order valence-electron chi connectivity index (χ3n) is 7.26. The van der Waals surface area contributed by atoms with Gasteiger partial charge in [0.2, 0.25) is 0 Å². The number of furan rings is 1. The molecule has 0 radical (unpaired) electrons. The van der Waals surface area contributed by atoms with Gasteiger partial charge in [0.25, 0.3) is 0 Å². The first-order valence-corrected chi connectivity index (χ1v) is 13.3. The van der Waals surface area contributed by atoms with Crippen molar-refractivity contribution in [3.8, 4) is 11.3 Å². The fraction of sp³-hybridized carbons (Fsp3) is 0.182. The quantitative estimate of drug-likeness (QED) is 0.243. The lowest BCUT2D eigenvalue weighted by Gasteiger charge is -2.19. The number of rotatable bonds is 2. The van der Waals surface area contributed by atoms with Crippen molar-refractivity contribution >= 4 is 64.2 Å². The average Bonchev–Trinajstić information content (AvgIpc) is 3.44. The summed E-state index contributed by atoms with van der Waals surface area (Å²) >= 11 is 1.87. The predicted octanol–water partition coefficient (Wildman–Crippen LogP) is 10.1. The standard InChI is InChI=1S/C33H27NOS/c1-19-21(18-33(2,3)4)13-14-23-24-15-16-34-29(32(24)36-31(19)23)26-17-20-9-5-6-10-22(20)28-25-11-7-8-12-27(25)35-30(26)28/h5-17H,18H2,1-4H3. The van der Waals surface area contributed by atoms with E-state index in [2.05, 4.69) is 94.4 Å². The Bertz CT molecular complexity index is 1970. The number of aryl methyl sites for hydroxylation is 1. The van der Waals surface area contributed by atoms with Crippen LogP contribution in [0.4, 0.5) is 0 Å². The lowest BCUT2D eigenvalue weighted by atomic mass is 9.86. The van der Waals surface area contributed by atoms with Gasteiger partial charge in [-0.3, -0.25) is 4.98 Å². The van der Waals surface area contributed by atoms with Crippen molar-refractivity contribution in [2.24, 2.45) is 5.41 Å². The molecule has 7 aromatic rings. The average molecular weight is 486 g/mol. The van der Waals surface area contributed by atoms with Gasteiger partial charge in [0.1, 0.15) is 11.2 Å². The van der Waals surface area contributed by atoms with Gasteiger partial charge in [0.05, 0.1) is 10.4 Å². The second-order valence-corrected chi connectivity index (χ2v) is 12.1. The number of nitrogens with zero attached hydrogens (tertiary/aromatic N) is 1. The SMILES string of the molecule is Cc1c(CC(C)(C)C)ccc2c1sc1c(-c3cc4ccccc4c4c3oc3ccccc34)nccc12. The van der Waals surface area contributed by atoms with E-state index in [-0.39, 0.29) is 5.41 Å². The summed E-state index contributed by atoms with van der Waals surface area (Å²) in [4.78, 5) is 4.96. The Morgan fingerprint density at radius 3 is 2.39 bits per heavy atom. The minimum Gasteiger partial charge on any atom is -0.455 e. The third kappa shape index (κ3) is 3.19. The van der Waals surface area contributed by atoms with Crippen LogP contribution in [0.5, 0.6) is 0 Å². The lowest BCUT2D eigenvalue weighted by molar-refractivity contribution is 0.410. The van der Waals surface area contributed by atoms with Crippen LogP contribution < -0.4 is 0 Å². The molecule has 36 heavy (non-hydrogen) atoms. The van der Waals surface area contributed by atoms with E-state index in [9.17, 15) is 0 Å². The van der Waals surface area contributed by atoms with Crippen LogP contribution in [-0.4, -0.2) is 4.98 Å². The minimum absolute atomic E-state index is 0.250. The molecule has 4 aromatic carbocycles. The molecule has 0 amide bonds. The maximum atomic E-state index is 6.53. The molecular formula is C33H27NOS. The van der Waals surface area contributed by atoms with Crippen molar-refractivity contribution < 1.29 is 4.42 Å². The summed E-state index contributed by atoms with van der Waals surface area (Å²) in [6.45, 7) is 9.20. The Morgan fingerprint density at radius 2 is 1.56 bits per heavy atom. The van der Waals surface area contributed by atoms with Crippen LogP contribution in [0.1, 0.15) is 31.9 Å². The first-order valence-electron chi connectivity index (χ1n) is 12.5. The molecular weight excluding hydrogens is 458 g/mol. The van der Waals surface area contributed by atoms with Gasteiger partial charge in [-0.15, -0.1) is 11.3 Å². The predicted molar refractivity (Wildman–Crippen MR) is 155 cm³/mol. The van der Waals surface area contributed by atoms with E-state index in [4.69, 9.17) is 9.40 Å². The fourth-order valence-corrected chi connectivity index (χ4v) is 6.97. The molecule has 0 aliphatic carbocycles. The Kier molecular flexibility index (Phi) is 4.59. The van der Waals surface area contributed by atoms with Gasteiger partial charge in [-0.2, -0.15) is 0 Å². The first kappa shape index (κ1) is 21.6. The molecule has 2 nitrogen and oxygen atoms in total. The minimum atomic E-state index is 0.250. The molecule has 3 heteroatoms. The molecule has 0 fully saturated rings. The molecule has 0 atom stereocenters. The number of para-hydroxylation sites is 1. The van der Waals surface area contributed by atoms with Crippen LogP contribution in [0.25, 0.3) is 64.1 Å². The van der Waals surface area contributed by atoms with E-state index in [1.54, 1.807) is 0 Å². The zero-order chi connectivity index (χ0) is 24.6. The van der Waals surface area contributed by atoms with Crippen molar-refractivity contribution in [1.82, 2.24) is 4.98 Å². The molecule has 7 rings (SSSR count). The molecule has 3 aromatic heterocycles. The van der Waals surface area contributed by atoms with Crippen LogP contribution >= 0.6 is 11.3 Å². The van der Waals surface area contributed by atoms with Crippen molar-refractivity contribution in [2.45, 2.75) is 34.1 Å². The van der Waals surface area contributed by atoms with Crippen molar-refractivity contribution in [3.05, 3.63) is 90.1 Å². The monoisotopic (exact) mass is 485 g/mol. The summed E-state index contributed by atoms with van der Waals surface area (Å²) in [7, 11) is 0. The highest BCUT2D eigenvalue weighted by molar-refractivity contribution is 7.26. The zero-order valence-electron chi connectivity index (χ0n) is 21.0. The van der Waals surface area contributed by atoms with Gasteiger partial charge in [0, 0.05) is 38.0 Å². The van der Waals surface area contributed by atoms with E-state index in [0.29, 0.717) is 0 Å². The highest BCUT2D eigenvalue weighted by atomic mass is 32.1. The number of benzene rings is 4. The number of hydrogen-bond donors (Lipinski definition) is 0. The van der Waals surface area contributed by atoms with E-state index in [0.717, 1.165) is 34.2 Å². The normalized spacial score (nSPS) is 12.6. The number of pyridine rings is 1. The summed E-state index contributed by atoms with van der Waals surface area (Å²) in [5, 5.41) is 7.32. The van der Waals surface area contributed by atoms with E-state index >= 15 is 0 Å². The van der Waals surface area contributed by atoms with Gasteiger partial charge in [-0.05, 0) is 58.9 Å². The molecule has 0 aliphatic rings. The fourth-order valence-electron chi connectivity index (χ4n) is 5.65. The van der Waals surface area contributed by atoms with Crippen LogP contribution in [0, 0.1) is 12.3 Å². The highest BCUT2D eigenvalue weighted by Crippen LogP contribution is 2.45. The summed E-state index contributed by atoms with van der Waals surface area (Å²) in [5.74, 6) is 0. The van der Waals surface area contributed by atoms with Gasteiger partial charge < -0.3 is 4.42 Å². The van der Waals surface area contributed by atoms with Gasteiger partial charge in [-0.25, -0.2) is 0 Å². The number of fused-ring (bicyclic) bond motifs is 8. The summed E-state index contributed by atoms with van der Waals surface area (Å²) in [6.07, 6.45) is 3.02. The third-order valence-corrected chi connectivity index (χ3v) is 8.61. The van der Waals surface area contributed by atoms with Gasteiger partial charge in [-0.1, -0.05) is 75.4 Å². The Labute approximate surface area is 214 Å². The Morgan fingerprint density at radius 1 is 0.806 bits per heavy atom. The van der Waals surface area contributed by atoms with Crippen LogP contribution in [0.2, 0.25) is 0 Å². The molecule has 0 aliphatic heterocycles. The van der Waals surface area contributed by atoms with E-state index in [1.807, 2.05) is 23.6 Å². The summed E-state index contributed by atoms with van der Waals surface area (Å²) in [6, 6.07) is 26.0. The second kappa shape index (κ2) is 7.65. The molecule has 0 N–H and O–H groups in total. The number of thiophene rings is 1. The molecule has 0 saturated carbocycles. The largest absolute Gasteiger partial charge is 0.455 e. The topological polar surface area (TPSA) is 26.0 Å². The highest BCUT2D eigenvalue weighted by Gasteiger charge is 2.21. The smallest absolute Gasteiger partial charge is 0.145 e. The molecule has 0 bridgehead atoms. The van der Waals surface area contributed by atoms with Crippen LogP contribution in [0.3, 0.4) is 0 Å². The van der Waals surface area contributed by atoms with Crippen LogP contribution in [-0.2, 0) is 6.42 Å². The van der Waals surface area contributed by atoms with Crippen LogP contribution in [0.15, 0.2) is 83.4 Å². The molecule has 3 heterocycles. The zero-order valence-corrected chi connectivity index (χ0v) is 21.8. The number of hydrogen-bond acceptors (Lipinski definition) is 3. The maximum absolute atomic E-state index is 6.53. The van der Waals surface area contributed by atoms with E-state index in [1.165, 1.54) is 47.5 Å². The van der Waals surface area contributed by atoms with Gasteiger partial charge >= 0.3 is 0 Å². The van der Waals surface area contributed by atoms with Gasteiger partial charge in [0.15, 0.2) is 0 Å². The second-order valence-electron chi connectivity index (χ2n) is 11.0. The molecule has 176 valence electrons. The van der Waals surface area contributed by atoms with Crippen molar-refractivity contribution in [3.63, 3.8) is 0 Å². The molecule has 0 unspecified atom stereocenters. The van der Waals surface area contributed by atoms with E-state index < -0.39 is 0 Å². The molecule has 0 saturated heterocycles. The first-order chi connectivity index (χ1) is 17.4.